The second-order valence-electron chi connectivity index (χ2n) is 10.8. The summed E-state index contributed by atoms with van der Waals surface area (Å²) in [5, 5.41) is 17.0. The van der Waals surface area contributed by atoms with Crippen LogP contribution >= 0.6 is 0 Å². The number of imidazole rings is 1. The number of aliphatic hydroxyl groups is 1. The van der Waals surface area contributed by atoms with E-state index in [0.717, 1.165) is 16.7 Å². The number of aromatic nitrogens is 4. The van der Waals surface area contributed by atoms with Crippen molar-refractivity contribution in [3.63, 3.8) is 0 Å². The van der Waals surface area contributed by atoms with E-state index in [-0.39, 0.29) is 43.0 Å². The fourth-order valence-corrected chi connectivity index (χ4v) is 5.50. The van der Waals surface area contributed by atoms with Gasteiger partial charge < -0.3 is 34.5 Å². The van der Waals surface area contributed by atoms with Gasteiger partial charge in [-0.15, -0.1) is 5.10 Å². The Balaban J connectivity index is 1.40. The lowest BCUT2D eigenvalue weighted by Gasteiger charge is -2.39. The summed E-state index contributed by atoms with van der Waals surface area (Å²) >= 11 is 0. The Bertz CT molecular complexity index is 1670. The first-order valence-electron chi connectivity index (χ1n) is 14.3. The van der Waals surface area contributed by atoms with Crippen LogP contribution in [0.25, 0.3) is 5.65 Å². The predicted octanol–water partition coefficient (Wildman–Crippen LogP) is 4.04. The molecular formula is C33H35N5O6. The molecule has 1 fully saturated rings. The zero-order valence-corrected chi connectivity index (χ0v) is 24.6. The monoisotopic (exact) mass is 597 g/mol. The molecule has 44 heavy (non-hydrogen) atoms. The first kappa shape index (κ1) is 29.7. The molecule has 2 aromatic heterocycles. The molecule has 1 aliphatic rings. The molecule has 5 aromatic rings. The summed E-state index contributed by atoms with van der Waals surface area (Å²) in [7, 11) is 1.46. The number of nitrogens with two attached hydrogens (primary N) is 1. The van der Waals surface area contributed by atoms with Crippen LogP contribution in [0.2, 0.25) is 0 Å². The van der Waals surface area contributed by atoms with Gasteiger partial charge in [0, 0.05) is 0 Å². The van der Waals surface area contributed by atoms with Crippen LogP contribution in [0.1, 0.15) is 29.3 Å². The van der Waals surface area contributed by atoms with Crippen molar-refractivity contribution in [2.45, 2.75) is 50.3 Å². The SMILES string of the molecule is COc1nc(N)nn2c([C@]3(O)O[C@H](COCc4ccccc4)[C@@H](OCc4ccccc4)[C@@]3(C)OCc3ccccc3)cnc12. The molecule has 11 nitrogen and oxygen atoms in total. The van der Waals surface area contributed by atoms with E-state index in [4.69, 9.17) is 29.4 Å². The van der Waals surface area contributed by atoms with Gasteiger partial charge in [0.1, 0.15) is 17.9 Å². The Morgan fingerprint density at radius 2 is 1.48 bits per heavy atom. The Morgan fingerprint density at radius 1 is 0.886 bits per heavy atom. The van der Waals surface area contributed by atoms with Crippen LogP contribution < -0.4 is 10.5 Å². The molecule has 4 atom stereocenters. The van der Waals surface area contributed by atoms with E-state index in [2.05, 4.69) is 15.1 Å². The van der Waals surface area contributed by atoms with Crippen LogP contribution in [0.3, 0.4) is 0 Å². The Kier molecular flexibility index (Phi) is 8.56. The summed E-state index contributed by atoms with van der Waals surface area (Å²) in [6.45, 7) is 2.65. The number of nitrogens with zero attached hydrogens (tertiary/aromatic N) is 4. The van der Waals surface area contributed by atoms with Gasteiger partial charge in [0.05, 0.1) is 39.7 Å². The van der Waals surface area contributed by atoms with Crippen LogP contribution in [0.4, 0.5) is 5.95 Å². The predicted molar refractivity (Wildman–Crippen MR) is 161 cm³/mol. The van der Waals surface area contributed by atoms with E-state index in [0.29, 0.717) is 6.61 Å². The van der Waals surface area contributed by atoms with Crippen LogP contribution in [0.15, 0.2) is 97.2 Å². The number of fused-ring (bicyclic) bond motifs is 1. The number of anilines is 1. The summed E-state index contributed by atoms with van der Waals surface area (Å²) in [5.74, 6) is -2.03. The molecule has 3 heterocycles. The van der Waals surface area contributed by atoms with E-state index >= 15 is 0 Å². The summed E-state index contributed by atoms with van der Waals surface area (Å²) in [5.41, 5.74) is 7.83. The van der Waals surface area contributed by atoms with Crippen molar-refractivity contribution < 1.29 is 28.8 Å². The minimum atomic E-state index is -2.12. The largest absolute Gasteiger partial charge is 0.478 e. The number of hydrogen-bond acceptors (Lipinski definition) is 10. The Hall–Kier alpha value is -4.39. The zero-order valence-electron chi connectivity index (χ0n) is 24.6. The first-order valence-corrected chi connectivity index (χ1v) is 14.3. The van der Waals surface area contributed by atoms with Crippen molar-refractivity contribution in [3.05, 3.63) is 120 Å². The molecule has 1 saturated heterocycles. The summed E-state index contributed by atoms with van der Waals surface area (Å²) in [6.07, 6.45) is -0.0870. The van der Waals surface area contributed by atoms with E-state index in [1.165, 1.54) is 17.8 Å². The third kappa shape index (κ3) is 5.75. The maximum atomic E-state index is 12.7. The fraction of sp³-hybridized carbons (Fsp3) is 0.303. The second kappa shape index (κ2) is 12.7. The molecule has 0 unspecified atom stereocenters. The smallest absolute Gasteiger partial charge is 0.262 e. The molecule has 228 valence electrons. The number of benzene rings is 3. The number of hydrogen-bond donors (Lipinski definition) is 2. The number of nitrogen functional groups attached to an aromatic ring is 1. The number of rotatable bonds is 12. The van der Waals surface area contributed by atoms with E-state index in [1.807, 2.05) is 91.0 Å². The highest BCUT2D eigenvalue weighted by Gasteiger charge is 2.67. The van der Waals surface area contributed by atoms with Crippen molar-refractivity contribution in [1.29, 1.82) is 0 Å². The van der Waals surface area contributed by atoms with Gasteiger partial charge in [-0.2, -0.15) is 4.98 Å². The molecule has 11 heteroatoms. The second-order valence-corrected chi connectivity index (χ2v) is 10.8. The lowest BCUT2D eigenvalue weighted by Crippen LogP contribution is -2.55. The maximum absolute atomic E-state index is 12.7. The average Bonchev–Trinajstić information content (AvgIpc) is 3.57. The van der Waals surface area contributed by atoms with Crippen molar-refractivity contribution >= 4 is 11.6 Å². The molecule has 0 amide bonds. The fourth-order valence-electron chi connectivity index (χ4n) is 5.50. The van der Waals surface area contributed by atoms with Gasteiger partial charge in [0.15, 0.2) is 5.60 Å². The van der Waals surface area contributed by atoms with Gasteiger partial charge in [-0.3, -0.25) is 0 Å². The highest BCUT2D eigenvalue weighted by Crippen LogP contribution is 2.50. The number of ether oxygens (including phenoxy) is 5. The summed E-state index contributed by atoms with van der Waals surface area (Å²) in [6, 6.07) is 29.3. The van der Waals surface area contributed by atoms with Crippen molar-refractivity contribution in [2.24, 2.45) is 0 Å². The molecular weight excluding hydrogens is 562 g/mol. The van der Waals surface area contributed by atoms with E-state index in [1.54, 1.807) is 6.92 Å². The first-order chi connectivity index (χ1) is 21.4. The van der Waals surface area contributed by atoms with Crippen molar-refractivity contribution in [2.75, 3.05) is 19.5 Å². The molecule has 0 radical (unpaired) electrons. The Labute approximate surface area is 255 Å². The van der Waals surface area contributed by atoms with Crippen molar-refractivity contribution in [3.8, 4) is 5.88 Å². The van der Waals surface area contributed by atoms with Gasteiger partial charge in [0.2, 0.25) is 17.4 Å². The number of methoxy groups -OCH3 is 1. The molecule has 1 aliphatic heterocycles. The minimum absolute atomic E-state index is 0.0678. The quantitative estimate of drug-likeness (QED) is 0.217. The van der Waals surface area contributed by atoms with Gasteiger partial charge in [0.25, 0.3) is 5.88 Å². The molecule has 0 saturated carbocycles. The maximum Gasteiger partial charge on any atom is 0.262 e. The molecule has 0 spiro atoms. The molecule has 0 aliphatic carbocycles. The van der Waals surface area contributed by atoms with Crippen LogP contribution in [-0.2, 0) is 44.6 Å². The highest BCUT2D eigenvalue weighted by molar-refractivity contribution is 5.52. The standard InChI is InChI=1S/C33H35N5O6/c1-32(43-21-25-16-10-5-11-17-25)28(42-20-24-14-8-4-9-15-24)26(22-41-19-23-12-6-3-7-13-23)44-33(32,39)27-18-35-29-30(40-2)36-31(34)37-38(27)29/h3-18,26,28,39H,19-22H2,1-2H3,(H2,34,37)/t26-,28-,32-,33+/m1/s1. The highest BCUT2D eigenvalue weighted by atomic mass is 16.7. The van der Waals surface area contributed by atoms with Gasteiger partial charge in [-0.1, -0.05) is 91.0 Å². The average molecular weight is 598 g/mol. The zero-order chi connectivity index (χ0) is 30.6. The third-order valence-corrected chi connectivity index (χ3v) is 7.81. The Morgan fingerprint density at radius 3 is 2.09 bits per heavy atom. The van der Waals surface area contributed by atoms with E-state index in [9.17, 15) is 5.11 Å². The van der Waals surface area contributed by atoms with Gasteiger partial charge in [-0.05, 0) is 23.6 Å². The van der Waals surface area contributed by atoms with Crippen molar-refractivity contribution in [1.82, 2.24) is 19.6 Å². The third-order valence-electron chi connectivity index (χ3n) is 7.81. The van der Waals surface area contributed by atoms with Crippen LogP contribution in [-0.4, -0.2) is 56.2 Å². The molecule has 3 N–H and O–H groups in total. The lowest BCUT2D eigenvalue weighted by molar-refractivity contribution is -0.294. The van der Waals surface area contributed by atoms with Crippen LogP contribution in [0.5, 0.6) is 5.88 Å². The van der Waals surface area contributed by atoms with Crippen LogP contribution in [0, 0.1) is 0 Å². The molecule has 0 bridgehead atoms. The van der Waals surface area contributed by atoms with Gasteiger partial charge >= 0.3 is 0 Å². The molecule has 6 rings (SSSR count). The minimum Gasteiger partial charge on any atom is -0.478 e. The summed E-state index contributed by atoms with van der Waals surface area (Å²) < 4.78 is 32.7. The van der Waals surface area contributed by atoms with E-state index < -0.39 is 23.6 Å². The lowest BCUT2D eigenvalue weighted by atomic mass is 9.87. The summed E-state index contributed by atoms with van der Waals surface area (Å²) in [4.78, 5) is 8.56. The topological polar surface area (TPSA) is 135 Å². The molecule has 3 aromatic carbocycles. The normalized spacial score (nSPS) is 23.2. The van der Waals surface area contributed by atoms with Gasteiger partial charge in [-0.25, -0.2) is 9.50 Å².